The molecule has 0 atom stereocenters. The average molecular weight is 426 g/mol. The molecule has 0 saturated heterocycles. The summed E-state index contributed by atoms with van der Waals surface area (Å²) >= 11 is 1.33. The van der Waals surface area contributed by atoms with Crippen molar-refractivity contribution in [2.75, 3.05) is 34.2 Å². The number of thioether (sulfide) groups is 1. The maximum Gasteiger partial charge on any atom is 0.203 e. The summed E-state index contributed by atoms with van der Waals surface area (Å²) in [6.45, 7) is 0. The van der Waals surface area contributed by atoms with Gasteiger partial charge in [0.15, 0.2) is 17.3 Å². The average Bonchev–Trinajstić information content (AvgIpc) is 2.81. The van der Waals surface area contributed by atoms with Gasteiger partial charge in [-0.2, -0.15) is 0 Å². The Bertz CT molecular complexity index is 982. The van der Waals surface area contributed by atoms with E-state index in [1.807, 2.05) is 24.3 Å². The largest absolute Gasteiger partial charge is 0.497 e. The highest BCUT2D eigenvalue weighted by molar-refractivity contribution is 7.99. The van der Waals surface area contributed by atoms with E-state index in [2.05, 4.69) is 10.2 Å². The van der Waals surface area contributed by atoms with Crippen LogP contribution in [-0.4, -0.2) is 50.2 Å². The van der Waals surface area contributed by atoms with Gasteiger partial charge >= 0.3 is 0 Å². The van der Waals surface area contributed by atoms with Crippen LogP contribution in [0.1, 0.15) is 10.4 Å². The summed E-state index contributed by atoms with van der Waals surface area (Å²) in [4.78, 5) is 12.4. The van der Waals surface area contributed by atoms with Crippen LogP contribution >= 0.6 is 11.8 Å². The number of rotatable bonds is 9. The molecule has 1 aromatic heterocycles. The Morgan fingerprint density at radius 1 is 0.833 bits per heavy atom. The van der Waals surface area contributed by atoms with E-state index < -0.39 is 0 Å². The molecule has 0 bridgehead atoms. The number of hydrogen-bond donors (Lipinski definition) is 0. The second-order valence-electron chi connectivity index (χ2n) is 6.11. The minimum Gasteiger partial charge on any atom is -0.497 e. The highest BCUT2D eigenvalue weighted by Crippen LogP contribution is 2.40. The first kappa shape index (κ1) is 21.4. The van der Waals surface area contributed by atoms with E-state index in [1.54, 1.807) is 52.7 Å². The molecule has 0 aliphatic heterocycles. The molecule has 3 rings (SSSR count). The monoisotopic (exact) mass is 426 g/mol. The molecule has 1 heterocycles. The van der Waals surface area contributed by atoms with E-state index in [0.717, 1.165) is 5.56 Å². The topological polar surface area (TPSA) is 79.8 Å². The van der Waals surface area contributed by atoms with E-state index in [0.29, 0.717) is 39.3 Å². The fourth-order valence-electron chi connectivity index (χ4n) is 2.78. The highest BCUT2D eigenvalue weighted by Gasteiger charge is 2.15. The van der Waals surface area contributed by atoms with Gasteiger partial charge in [-0.1, -0.05) is 11.8 Å². The number of carbonyl (C=O) groups excluding carboxylic acids is 1. The van der Waals surface area contributed by atoms with Crippen LogP contribution in [0.15, 0.2) is 53.6 Å². The van der Waals surface area contributed by atoms with Crippen LogP contribution in [0.3, 0.4) is 0 Å². The first-order chi connectivity index (χ1) is 14.6. The van der Waals surface area contributed by atoms with Crippen molar-refractivity contribution in [3.8, 4) is 34.3 Å². The Balaban J connectivity index is 1.71. The lowest BCUT2D eigenvalue weighted by atomic mass is 10.1. The quantitative estimate of drug-likeness (QED) is 0.373. The number of hydrogen-bond acceptors (Lipinski definition) is 8. The first-order valence-electron chi connectivity index (χ1n) is 9.03. The van der Waals surface area contributed by atoms with Crippen LogP contribution < -0.4 is 18.9 Å². The molecule has 0 aliphatic rings. The van der Waals surface area contributed by atoms with Crippen molar-refractivity contribution in [2.24, 2.45) is 0 Å². The van der Waals surface area contributed by atoms with Crippen LogP contribution in [-0.2, 0) is 0 Å². The minimum absolute atomic E-state index is 0.0122. The van der Waals surface area contributed by atoms with Crippen LogP contribution in [0.5, 0.6) is 23.0 Å². The Morgan fingerprint density at radius 2 is 1.50 bits per heavy atom. The molecule has 0 fully saturated rings. The summed E-state index contributed by atoms with van der Waals surface area (Å²) < 4.78 is 21.2. The lowest BCUT2D eigenvalue weighted by molar-refractivity contribution is 0.102. The van der Waals surface area contributed by atoms with Crippen molar-refractivity contribution < 1.29 is 23.7 Å². The molecule has 0 N–H and O–H groups in total. The Kier molecular flexibility index (Phi) is 7.13. The summed E-state index contributed by atoms with van der Waals surface area (Å²) in [6, 6.07) is 14.3. The predicted octanol–water partition coefficient (Wildman–Crippen LogP) is 4.15. The lowest BCUT2D eigenvalue weighted by Gasteiger charge is -2.13. The second kappa shape index (κ2) is 9.98. The van der Waals surface area contributed by atoms with Crippen molar-refractivity contribution in [2.45, 2.75) is 5.03 Å². The molecule has 30 heavy (non-hydrogen) atoms. The number of carbonyl (C=O) groups is 1. The van der Waals surface area contributed by atoms with Gasteiger partial charge in [0.1, 0.15) is 10.8 Å². The van der Waals surface area contributed by atoms with Crippen molar-refractivity contribution in [1.29, 1.82) is 0 Å². The van der Waals surface area contributed by atoms with Gasteiger partial charge in [0.05, 0.1) is 39.9 Å². The Morgan fingerprint density at radius 3 is 2.00 bits per heavy atom. The van der Waals surface area contributed by atoms with Crippen LogP contribution in [0.2, 0.25) is 0 Å². The maximum atomic E-state index is 12.4. The molecule has 0 spiro atoms. The fourth-order valence-corrected chi connectivity index (χ4v) is 3.49. The zero-order valence-electron chi connectivity index (χ0n) is 17.2. The van der Waals surface area contributed by atoms with Gasteiger partial charge in [0, 0.05) is 11.1 Å². The lowest BCUT2D eigenvalue weighted by Crippen LogP contribution is -2.03. The number of ketones is 1. The molecule has 0 unspecified atom stereocenters. The van der Waals surface area contributed by atoms with Gasteiger partial charge in [-0.05, 0) is 48.5 Å². The molecule has 0 amide bonds. The van der Waals surface area contributed by atoms with Gasteiger partial charge < -0.3 is 18.9 Å². The third-order valence-electron chi connectivity index (χ3n) is 4.36. The number of aromatic nitrogens is 2. The maximum absolute atomic E-state index is 12.4. The molecular weight excluding hydrogens is 404 g/mol. The molecule has 0 radical (unpaired) electrons. The van der Waals surface area contributed by atoms with Gasteiger partial charge in [0.25, 0.3) is 0 Å². The SMILES string of the molecule is COc1ccc(C(=O)CSc2ccc(-c3cc(OC)c(OC)c(OC)c3)nn2)cc1. The fraction of sp³-hybridized carbons (Fsp3) is 0.227. The minimum atomic E-state index is 0.0122. The number of nitrogens with zero attached hydrogens (tertiary/aromatic N) is 2. The summed E-state index contributed by atoms with van der Waals surface area (Å²) in [6.07, 6.45) is 0. The van der Waals surface area contributed by atoms with Gasteiger partial charge in [-0.3, -0.25) is 4.79 Å². The van der Waals surface area contributed by atoms with Crippen LogP contribution in [0.25, 0.3) is 11.3 Å². The molecule has 0 aliphatic carbocycles. The third kappa shape index (κ3) is 4.83. The third-order valence-corrected chi connectivity index (χ3v) is 5.28. The van der Waals surface area contributed by atoms with Gasteiger partial charge in [-0.25, -0.2) is 0 Å². The van der Waals surface area contributed by atoms with Crippen molar-refractivity contribution in [3.63, 3.8) is 0 Å². The standard InChI is InChI=1S/C22H22N2O5S/c1-26-16-7-5-14(6-8-16)18(25)13-30-21-10-9-17(23-24-21)15-11-19(27-2)22(29-4)20(12-15)28-3/h5-12H,13H2,1-4H3. The number of Topliss-reactive ketones (excluding diaryl/α,β-unsaturated/α-hetero) is 1. The van der Waals surface area contributed by atoms with Crippen molar-refractivity contribution in [3.05, 3.63) is 54.1 Å². The summed E-state index contributed by atoms with van der Waals surface area (Å²) in [5.74, 6) is 2.59. The molecule has 156 valence electrons. The summed E-state index contributed by atoms with van der Waals surface area (Å²) in [7, 11) is 6.27. The second-order valence-corrected chi connectivity index (χ2v) is 7.11. The predicted molar refractivity (Wildman–Crippen MR) is 115 cm³/mol. The van der Waals surface area contributed by atoms with E-state index >= 15 is 0 Å². The zero-order chi connectivity index (χ0) is 21.5. The number of benzene rings is 2. The van der Waals surface area contributed by atoms with Gasteiger partial charge in [-0.15, -0.1) is 10.2 Å². The van der Waals surface area contributed by atoms with E-state index in [-0.39, 0.29) is 11.5 Å². The first-order valence-corrected chi connectivity index (χ1v) is 10.0. The van der Waals surface area contributed by atoms with E-state index in [9.17, 15) is 4.79 Å². The van der Waals surface area contributed by atoms with Crippen molar-refractivity contribution >= 4 is 17.5 Å². The van der Waals surface area contributed by atoms with E-state index in [4.69, 9.17) is 18.9 Å². The number of ether oxygens (including phenoxy) is 4. The zero-order valence-corrected chi connectivity index (χ0v) is 18.0. The molecule has 8 heteroatoms. The molecule has 3 aromatic rings. The smallest absolute Gasteiger partial charge is 0.203 e. The molecule has 7 nitrogen and oxygen atoms in total. The number of methoxy groups -OCH3 is 4. The summed E-state index contributed by atoms with van der Waals surface area (Å²) in [5.41, 5.74) is 2.06. The molecule has 0 saturated carbocycles. The Hall–Kier alpha value is -3.26. The van der Waals surface area contributed by atoms with Crippen LogP contribution in [0.4, 0.5) is 0 Å². The molecular formula is C22H22N2O5S. The van der Waals surface area contributed by atoms with Crippen LogP contribution in [0, 0.1) is 0 Å². The van der Waals surface area contributed by atoms with Gasteiger partial charge in [0.2, 0.25) is 5.75 Å². The van der Waals surface area contributed by atoms with E-state index in [1.165, 1.54) is 11.8 Å². The Labute approximate surface area is 179 Å². The highest BCUT2D eigenvalue weighted by atomic mass is 32.2. The van der Waals surface area contributed by atoms with Crippen molar-refractivity contribution in [1.82, 2.24) is 10.2 Å². The molecule has 2 aromatic carbocycles. The summed E-state index contributed by atoms with van der Waals surface area (Å²) in [5, 5.41) is 9.17. The normalized spacial score (nSPS) is 10.4.